The van der Waals surface area contributed by atoms with Gasteiger partial charge in [-0.25, -0.2) is 0 Å². The summed E-state index contributed by atoms with van der Waals surface area (Å²) < 4.78 is 5.57. The Morgan fingerprint density at radius 1 is 1.08 bits per heavy atom. The first-order chi connectivity index (χ1) is 17.6. The third-order valence-electron chi connectivity index (χ3n) is 7.56. The van der Waals surface area contributed by atoms with Crippen LogP contribution in [0.1, 0.15) is 67.7 Å². The Bertz CT molecular complexity index is 1100. The fraction of sp³-hybridized carbons (Fsp3) is 0.438. The maximum atomic E-state index is 5.57. The average molecular weight is 486 g/mol. The number of hydrogen-bond donors (Lipinski definition) is 2. The van der Waals surface area contributed by atoms with E-state index in [9.17, 15) is 0 Å². The fourth-order valence-corrected chi connectivity index (χ4v) is 5.07. The zero-order valence-corrected chi connectivity index (χ0v) is 22.6. The van der Waals surface area contributed by atoms with E-state index in [2.05, 4.69) is 98.0 Å². The van der Waals surface area contributed by atoms with E-state index in [1.807, 2.05) is 6.20 Å². The Hall–Kier alpha value is -2.82. The van der Waals surface area contributed by atoms with Crippen LogP contribution in [0.3, 0.4) is 0 Å². The van der Waals surface area contributed by atoms with Gasteiger partial charge in [-0.1, -0.05) is 43.3 Å². The van der Waals surface area contributed by atoms with E-state index in [0.29, 0.717) is 0 Å². The lowest BCUT2D eigenvalue weighted by atomic mass is 9.82. The van der Waals surface area contributed by atoms with Gasteiger partial charge < -0.3 is 15.4 Å². The molecular formula is C32H43N3O. The minimum atomic E-state index is 0.188. The van der Waals surface area contributed by atoms with Crippen LogP contribution in [0.15, 0.2) is 77.8 Å². The molecule has 4 rings (SSSR count). The van der Waals surface area contributed by atoms with Crippen molar-refractivity contribution < 1.29 is 4.74 Å². The van der Waals surface area contributed by atoms with E-state index in [0.717, 1.165) is 39.3 Å². The summed E-state index contributed by atoms with van der Waals surface area (Å²) in [6.07, 6.45) is 11.1. The summed E-state index contributed by atoms with van der Waals surface area (Å²) in [5.74, 6) is 0.188. The van der Waals surface area contributed by atoms with Crippen molar-refractivity contribution in [1.29, 1.82) is 0 Å². The van der Waals surface area contributed by atoms with E-state index >= 15 is 0 Å². The Labute approximate surface area is 218 Å². The first kappa shape index (κ1) is 26.2. The van der Waals surface area contributed by atoms with Gasteiger partial charge in [0, 0.05) is 43.1 Å². The molecule has 1 aliphatic heterocycles. The van der Waals surface area contributed by atoms with Gasteiger partial charge in [-0.15, -0.1) is 0 Å². The Kier molecular flexibility index (Phi) is 9.43. The zero-order chi connectivity index (χ0) is 25.3. The highest BCUT2D eigenvalue weighted by atomic mass is 16.5. The standard InChI is InChI=1S/C32H43N3O/c1-5-6-16-33-22-25(3)32(30-15-7-10-24(2)26(30)4)28-13-9-14-29(21-28)34-31(27-11-8-12-27)23-35-17-19-36-20-18-35/h6-7,9-10,13-16,21-22,32-34H,5,8,11-12,17-20,23H2,1-4H3/b16-6+,25-22+. The quantitative estimate of drug-likeness (QED) is 0.379. The average Bonchev–Trinajstić information content (AvgIpc) is 2.84. The van der Waals surface area contributed by atoms with E-state index in [1.54, 1.807) is 5.57 Å². The summed E-state index contributed by atoms with van der Waals surface area (Å²) in [6.45, 7) is 13.5. The molecule has 1 unspecified atom stereocenters. The number of nitrogens with one attached hydrogen (secondary N) is 2. The smallest absolute Gasteiger partial charge is 0.0594 e. The second-order valence-electron chi connectivity index (χ2n) is 10.2. The van der Waals surface area contributed by atoms with E-state index in [1.165, 1.54) is 58.5 Å². The molecule has 1 aliphatic carbocycles. The number of rotatable bonds is 10. The predicted octanol–water partition coefficient (Wildman–Crippen LogP) is 7.03. The monoisotopic (exact) mass is 485 g/mol. The molecule has 1 saturated carbocycles. The highest BCUT2D eigenvalue weighted by Crippen LogP contribution is 2.36. The zero-order valence-electron chi connectivity index (χ0n) is 22.6. The molecule has 192 valence electrons. The number of hydrogen-bond acceptors (Lipinski definition) is 4. The SMILES string of the molecule is CC/C=C/N/C=C(\C)C(c1cccc(NC(CN2CCOCC2)=C2CCC2)c1)c1cccc(C)c1C. The van der Waals surface area contributed by atoms with Gasteiger partial charge in [-0.05, 0) is 98.2 Å². The van der Waals surface area contributed by atoms with Crippen molar-refractivity contribution in [2.45, 2.75) is 59.3 Å². The van der Waals surface area contributed by atoms with Crippen LogP contribution in [0.5, 0.6) is 0 Å². The molecule has 1 atom stereocenters. The van der Waals surface area contributed by atoms with Crippen LogP contribution in [0, 0.1) is 13.8 Å². The van der Waals surface area contributed by atoms with Gasteiger partial charge in [0.25, 0.3) is 0 Å². The molecule has 0 bridgehead atoms. The second kappa shape index (κ2) is 12.9. The van der Waals surface area contributed by atoms with Crippen LogP contribution in [0.4, 0.5) is 5.69 Å². The molecule has 4 nitrogen and oxygen atoms in total. The van der Waals surface area contributed by atoms with E-state index in [-0.39, 0.29) is 5.92 Å². The summed E-state index contributed by atoms with van der Waals surface area (Å²) in [5, 5.41) is 7.23. The van der Waals surface area contributed by atoms with Crippen LogP contribution in [-0.2, 0) is 4.74 Å². The van der Waals surface area contributed by atoms with E-state index < -0.39 is 0 Å². The van der Waals surface area contributed by atoms with Crippen molar-refractivity contribution in [2.75, 3.05) is 38.2 Å². The van der Waals surface area contributed by atoms with Crippen LogP contribution in [-0.4, -0.2) is 37.7 Å². The lowest BCUT2D eigenvalue weighted by Crippen LogP contribution is -2.39. The van der Waals surface area contributed by atoms with Crippen molar-refractivity contribution in [3.8, 4) is 0 Å². The van der Waals surface area contributed by atoms with Gasteiger partial charge >= 0.3 is 0 Å². The van der Waals surface area contributed by atoms with Gasteiger partial charge in [0.1, 0.15) is 0 Å². The highest BCUT2D eigenvalue weighted by molar-refractivity contribution is 5.56. The number of anilines is 1. The molecule has 1 heterocycles. The predicted molar refractivity (Wildman–Crippen MR) is 152 cm³/mol. The number of nitrogens with zero attached hydrogens (tertiary/aromatic N) is 1. The van der Waals surface area contributed by atoms with Gasteiger partial charge in [0.05, 0.1) is 13.2 Å². The topological polar surface area (TPSA) is 36.5 Å². The van der Waals surface area contributed by atoms with Gasteiger partial charge in [0.15, 0.2) is 0 Å². The molecular weight excluding hydrogens is 442 g/mol. The van der Waals surface area contributed by atoms with Gasteiger partial charge in [0.2, 0.25) is 0 Å². The molecule has 0 aromatic heterocycles. The molecule has 2 aliphatic rings. The first-order valence-corrected chi connectivity index (χ1v) is 13.6. The minimum Gasteiger partial charge on any atom is -0.379 e. The lowest BCUT2D eigenvalue weighted by molar-refractivity contribution is 0.0422. The molecule has 0 amide bonds. The van der Waals surface area contributed by atoms with Crippen LogP contribution in [0.25, 0.3) is 0 Å². The van der Waals surface area contributed by atoms with Crippen molar-refractivity contribution >= 4 is 5.69 Å². The van der Waals surface area contributed by atoms with Crippen molar-refractivity contribution in [3.05, 3.63) is 100 Å². The second-order valence-corrected chi connectivity index (χ2v) is 10.2. The van der Waals surface area contributed by atoms with Crippen LogP contribution in [0.2, 0.25) is 0 Å². The maximum absolute atomic E-state index is 5.57. The summed E-state index contributed by atoms with van der Waals surface area (Å²) in [7, 11) is 0. The largest absolute Gasteiger partial charge is 0.379 e. The van der Waals surface area contributed by atoms with E-state index in [4.69, 9.17) is 4.74 Å². The Morgan fingerprint density at radius 3 is 2.58 bits per heavy atom. The van der Waals surface area contributed by atoms with Gasteiger partial charge in [-0.3, -0.25) is 4.90 Å². The number of morpholine rings is 1. The summed E-state index contributed by atoms with van der Waals surface area (Å²) >= 11 is 0. The van der Waals surface area contributed by atoms with Crippen LogP contribution >= 0.6 is 0 Å². The normalized spacial score (nSPS) is 17.7. The lowest BCUT2D eigenvalue weighted by Gasteiger charge is -2.31. The van der Waals surface area contributed by atoms with Crippen molar-refractivity contribution in [1.82, 2.24) is 10.2 Å². The molecule has 36 heavy (non-hydrogen) atoms. The number of benzene rings is 2. The third-order valence-corrected chi connectivity index (χ3v) is 7.56. The molecule has 1 saturated heterocycles. The number of allylic oxidation sites excluding steroid dienone is 3. The third kappa shape index (κ3) is 6.68. The van der Waals surface area contributed by atoms with Crippen molar-refractivity contribution in [3.63, 3.8) is 0 Å². The van der Waals surface area contributed by atoms with Crippen LogP contribution < -0.4 is 10.6 Å². The number of ether oxygens (including phenoxy) is 1. The Morgan fingerprint density at radius 2 is 1.86 bits per heavy atom. The minimum absolute atomic E-state index is 0.188. The van der Waals surface area contributed by atoms with Crippen molar-refractivity contribution in [2.24, 2.45) is 0 Å². The molecule has 2 N–H and O–H groups in total. The first-order valence-electron chi connectivity index (χ1n) is 13.6. The molecule has 2 aromatic carbocycles. The molecule has 4 heteroatoms. The number of aryl methyl sites for hydroxylation is 1. The summed E-state index contributed by atoms with van der Waals surface area (Å²) in [4.78, 5) is 2.52. The van der Waals surface area contributed by atoms with Gasteiger partial charge in [-0.2, -0.15) is 0 Å². The molecule has 2 fully saturated rings. The maximum Gasteiger partial charge on any atom is 0.0594 e. The Balaban J connectivity index is 1.64. The molecule has 0 spiro atoms. The molecule has 0 radical (unpaired) electrons. The summed E-state index contributed by atoms with van der Waals surface area (Å²) in [6, 6.07) is 15.7. The molecule has 2 aromatic rings. The summed E-state index contributed by atoms with van der Waals surface area (Å²) in [5.41, 5.74) is 10.8. The fourth-order valence-electron chi connectivity index (χ4n) is 5.07. The highest BCUT2D eigenvalue weighted by Gasteiger charge is 2.21.